The standard InChI is InChI=1S/C10H14N2O/c1-4-10(3,8(2)13)5-9(6-11)7-12/h9H,4-5H2,1-3H3/t10-/m0/s1. The number of nitrogens with zero attached hydrogens (tertiary/aromatic N) is 2. The first-order chi connectivity index (χ1) is 6.00. The number of hydrogen-bond donors (Lipinski definition) is 0. The second-order valence-electron chi connectivity index (χ2n) is 3.49. The van der Waals surface area contributed by atoms with E-state index in [1.807, 2.05) is 19.1 Å². The number of rotatable bonds is 4. The summed E-state index contributed by atoms with van der Waals surface area (Å²) in [5, 5.41) is 17.2. The quantitative estimate of drug-likeness (QED) is 0.661. The maximum Gasteiger partial charge on any atom is 0.135 e. The van der Waals surface area contributed by atoms with Gasteiger partial charge in [-0.2, -0.15) is 10.5 Å². The SMILES string of the molecule is CC[C@@](C)(CC(C#N)C#N)C(C)=O. The number of nitriles is 2. The summed E-state index contributed by atoms with van der Waals surface area (Å²) < 4.78 is 0. The Balaban J connectivity index is 4.57. The lowest BCUT2D eigenvalue weighted by Crippen LogP contribution is -2.27. The minimum atomic E-state index is -0.672. The van der Waals surface area contributed by atoms with Crippen LogP contribution in [-0.2, 0) is 4.79 Å². The fourth-order valence-electron chi connectivity index (χ4n) is 1.11. The molecule has 0 radical (unpaired) electrons. The molecule has 0 N–H and O–H groups in total. The molecule has 0 aromatic heterocycles. The van der Waals surface area contributed by atoms with Crippen LogP contribution in [0.25, 0.3) is 0 Å². The van der Waals surface area contributed by atoms with Crippen molar-refractivity contribution < 1.29 is 4.79 Å². The van der Waals surface area contributed by atoms with Crippen molar-refractivity contribution in [3.8, 4) is 12.1 Å². The lowest BCUT2D eigenvalue weighted by Gasteiger charge is -2.24. The van der Waals surface area contributed by atoms with E-state index in [2.05, 4.69) is 0 Å². The highest BCUT2D eigenvalue weighted by Gasteiger charge is 2.30. The second kappa shape index (κ2) is 4.62. The minimum absolute atomic E-state index is 0.0468. The predicted molar refractivity (Wildman–Crippen MR) is 48.4 cm³/mol. The Labute approximate surface area is 79.0 Å². The molecule has 0 fully saturated rings. The first-order valence-corrected chi connectivity index (χ1v) is 4.30. The molecule has 0 saturated heterocycles. The molecule has 0 rings (SSSR count). The van der Waals surface area contributed by atoms with E-state index in [0.29, 0.717) is 12.8 Å². The summed E-state index contributed by atoms with van der Waals surface area (Å²) in [5.74, 6) is -0.626. The lowest BCUT2D eigenvalue weighted by molar-refractivity contribution is -0.126. The van der Waals surface area contributed by atoms with Gasteiger partial charge in [0.2, 0.25) is 0 Å². The van der Waals surface area contributed by atoms with Gasteiger partial charge in [0.05, 0.1) is 12.1 Å². The van der Waals surface area contributed by atoms with Crippen LogP contribution in [0.5, 0.6) is 0 Å². The smallest absolute Gasteiger partial charge is 0.135 e. The van der Waals surface area contributed by atoms with E-state index in [9.17, 15) is 4.79 Å². The van der Waals surface area contributed by atoms with E-state index in [1.54, 1.807) is 6.92 Å². The monoisotopic (exact) mass is 178 g/mol. The van der Waals surface area contributed by atoms with Crippen molar-refractivity contribution in [2.24, 2.45) is 11.3 Å². The largest absolute Gasteiger partial charge is 0.299 e. The summed E-state index contributed by atoms with van der Waals surface area (Å²) in [6.45, 7) is 5.21. The highest BCUT2D eigenvalue weighted by molar-refractivity contribution is 5.81. The maximum atomic E-state index is 11.2. The van der Waals surface area contributed by atoms with Gasteiger partial charge in [0, 0.05) is 5.41 Å². The molecule has 0 saturated carbocycles. The van der Waals surface area contributed by atoms with Gasteiger partial charge in [0.15, 0.2) is 0 Å². The Morgan fingerprint density at radius 1 is 1.46 bits per heavy atom. The zero-order chi connectivity index (χ0) is 10.5. The number of carbonyl (C=O) groups is 1. The topological polar surface area (TPSA) is 64.7 Å². The van der Waals surface area contributed by atoms with Crippen LogP contribution in [-0.4, -0.2) is 5.78 Å². The molecule has 0 aliphatic heterocycles. The summed E-state index contributed by atoms with van der Waals surface area (Å²) in [6, 6.07) is 3.77. The van der Waals surface area contributed by atoms with Gasteiger partial charge < -0.3 is 0 Å². The minimum Gasteiger partial charge on any atom is -0.299 e. The normalized spacial score (nSPS) is 14.3. The third-order valence-electron chi connectivity index (χ3n) is 2.60. The van der Waals surface area contributed by atoms with Gasteiger partial charge in [-0.3, -0.25) is 4.79 Å². The zero-order valence-corrected chi connectivity index (χ0v) is 8.29. The first kappa shape index (κ1) is 11.6. The van der Waals surface area contributed by atoms with Gasteiger partial charge in [-0.1, -0.05) is 13.8 Å². The molecule has 0 aliphatic rings. The number of ketones is 1. The maximum absolute atomic E-state index is 11.2. The van der Waals surface area contributed by atoms with E-state index >= 15 is 0 Å². The van der Waals surface area contributed by atoms with Crippen molar-refractivity contribution in [1.29, 1.82) is 10.5 Å². The third-order valence-corrected chi connectivity index (χ3v) is 2.60. The van der Waals surface area contributed by atoms with Gasteiger partial charge >= 0.3 is 0 Å². The molecule has 0 aliphatic carbocycles. The number of hydrogen-bond acceptors (Lipinski definition) is 3. The molecule has 0 aromatic carbocycles. The van der Waals surface area contributed by atoms with Crippen LogP contribution in [0.4, 0.5) is 0 Å². The summed E-state index contributed by atoms with van der Waals surface area (Å²) in [5.41, 5.74) is -0.518. The van der Waals surface area contributed by atoms with Crippen LogP contribution in [0, 0.1) is 34.0 Å². The molecule has 0 bridgehead atoms. The van der Waals surface area contributed by atoms with Crippen LogP contribution in [0.1, 0.15) is 33.6 Å². The van der Waals surface area contributed by atoms with Crippen LogP contribution in [0.2, 0.25) is 0 Å². The number of carbonyl (C=O) groups excluding carboxylic acids is 1. The predicted octanol–water partition coefficient (Wildman–Crippen LogP) is 2.05. The Morgan fingerprint density at radius 2 is 1.92 bits per heavy atom. The van der Waals surface area contributed by atoms with Crippen LogP contribution >= 0.6 is 0 Å². The Morgan fingerprint density at radius 3 is 2.15 bits per heavy atom. The molecule has 13 heavy (non-hydrogen) atoms. The van der Waals surface area contributed by atoms with Crippen molar-refractivity contribution >= 4 is 5.78 Å². The second-order valence-corrected chi connectivity index (χ2v) is 3.49. The summed E-state index contributed by atoms with van der Waals surface area (Å²) in [7, 11) is 0. The third kappa shape index (κ3) is 2.87. The van der Waals surface area contributed by atoms with E-state index in [4.69, 9.17) is 10.5 Å². The molecule has 3 heteroatoms. The highest BCUT2D eigenvalue weighted by Crippen LogP contribution is 2.30. The van der Waals surface area contributed by atoms with Crippen LogP contribution < -0.4 is 0 Å². The molecule has 1 atom stereocenters. The lowest BCUT2D eigenvalue weighted by atomic mass is 9.76. The molecule has 0 aromatic rings. The highest BCUT2D eigenvalue weighted by atomic mass is 16.1. The fourth-order valence-corrected chi connectivity index (χ4v) is 1.11. The van der Waals surface area contributed by atoms with Crippen molar-refractivity contribution in [3.63, 3.8) is 0 Å². The molecular formula is C10H14N2O. The molecule has 0 amide bonds. The van der Waals surface area contributed by atoms with Crippen molar-refractivity contribution in [1.82, 2.24) is 0 Å². The van der Waals surface area contributed by atoms with Gasteiger partial charge in [0.25, 0.3) is 0 Å². The van der Waals surface area contributed by atoms with Crippen molar-refractivity contribution in [2.45, 2.75) is 33.6 Å². The van der Waals surface area contributed by atoms with E-state index in [1.165, 1.54) is 6.92 Å². The average Bonchev–Trinajstić information content (AvgIpc) is 2.13. The molecular weight excluding hydrogens is 164 g/mol. The van der Waals surface area contributed by atoms with Gasteiger partial charge in [-0.15, -0.1) is 0 Å². The molecule has 70 valence electrons. The number of Topliss-reactive ketones (excluding diaryl/α,β-unsaturated/α-hetero) is 1. The fraction of sp³-hybridized carbons (Fsp3) is 0.700. The van der Waals surface area contributed by atoms with Gasteiger partial charge in [0.1, 0.15) is 11.7 Å². The van der Waals surface area contributed by atoms with E-state index in [0.717, 1.165) is 0 Å². The summed E-state index contributed by atoms with van der Waals surface area (Å²) in [6.07, 6.45) is 1.01. The van der Waals surface area contributed by atoms with Gasteiger partial charge in [-0.25, -0.2) is 0 Å². The summed E-state index contributed by atoms with van der Waals surface area (Å²) >= 11 is 0. The van der Waals surface area contributed by atoms with Crippen molar-refractivity contribution in [3.05, 3.63) is 0 Å². The summed E-state index contributed by atoms with van der Waals surface area (Å²) in [4.78, 5) is 11.2. The molecule has 0 unspecified atom stereocenters. The van der Waals surface area contributed by atoms with Crippen LogP contribution in [0.15, 0.2) is 0 Å². The molecule has 0 spiro atoms. The van der Waals surface area contributed by atoms with Gasteiger partial charge in [-0.05, 0) is 19.8 Å². The zero-order valence-electron chi connectivity index (χ0n) is 8.29. The Hall–Kier alpha value is -1.35. The molecule has 0 heterocycles. The van der Waals surface area contributed by atoms with Crippen LogP contribution in [0.3, 0.4) is 0 Å². The first-order valence-electron chi connectivity index (χ1n) is 4.30. The average molecular weight is 178 g/mol. The van der Waals surface area contributed by atoms with E-state index < -0.39 is 11.3 Å². The van der Waals surface area contributed by atoms with Crippen molar-refractivity contribution in [2.75, 3.05) is 0 Å². The Kier molecular flexibility index (Phi) is 4.14. The van der Waals surface area contributed by atoms with E-state index in [-0.39, 0.29) is 5.78 Å². The Bertz CT molecular complexity index is 258. The molecule has 3 nitrogen and oxygen atoms in total.